The number of rotatable bonds is 3. The summed E-state index contributed by atoms with van der Waals surface area (Å²) in [6, 6.07) is 7.87. The van der Waals surface area contributed by atoms with Gasteiger partial charge in [-0.3, -0.25) is 9.79 Å². The number of nitrogens with zero attached hydrogens (tertiary/aromatic N) is 1. The molecule has 2 rings (SSSR count). The average Bonchev–Trinajstić information content (AvgIpc) is 2.39. The van der Waals surface area contributed by atoms with Crippen molar-refractivity contribution >= 4 is 17.2 Å². The highest BCUT2D eigenvalue weighted by atomic mass is 16.3. The molecule has 1 aromatic rings. The van der Waals surface area contributed by atoms with Gasteiger partial charge < -0.3 is 5.11 Å². The highest BCUT2D eigenvalue weighted by Gasteiger charge is 2.36. The van der Waals surface area contributed by atoms with Gasteiger partial charge in [0.2, 0.25) is 0 Å². The summed E-state index contributed by atoms with van der Waals surface area (Å²) in [4.78, 5) is 17.2. The van der Waals surface area contributed by atoms with Gasteiger partial charge in [0.15, 0.2) is 5.78 Å². The molecule has 0 aromatic heterocycles. The van der Waals surface area contributed by atoms with Gasteiger partial charge in [-0.1, -0.05) is 39.0 Å². The van der Waals surface area contributed by atoms with Crippen LogP contribution >= 0.6 is 0 Å². The van der Waals surface area contributed by atoms with Gasteiger partial charge in [-0.25, -0.2) is 0 Å². The van der Waals surface area contributed by atoms with Crippen LogP contribution in [-0.2, 0) is 4.79 Å². The number of hydrogen-bond donors (Lipinski definition) is 1. The van der Waals surface area contributed by atoms with Gasteiger partial charge in [0, 0.05) is 12.8 Å². The topological polar surface area (TPSA) is 49.7 Å². The van der Waals surface area contributed by atoms with Crippen LogP contribution in [0.5, 0.6) is 0 Å². The van der Waals surface area contributed by atoms with Gasteiger partial charge in [-0.15, -0.1) is 0 Å². The molecular formula is C19H25NO2. The number of para-hydroxylation sites is 1. The van der Waals surface area contributed by atoms with Crippen molar-refractivity contribution in [1.29, 1.82) is 0 Å². The minimum atomic E-state index is -0.116. The Morgan fingerprint density at radius 1 is 1.27 bits per heavy atom. The largest absolute Gasteiger partial charge is 0.511 e. The predicted octanol–water partition coefficient (Wildman–Crippen LogP) is 5.07. The van der Waals surface area contributed by atoms with Crippen molar-refractivity contribution in [3.63, 3.8) is 0 Å². The van der Waals surface area contributed by atoms with Crippen molar-refractivity contribution in [2.45, 2.75) is 53.4 Å². The lowest BCUT2D eigenvalue weighted by Crippen LogP contribution is -2.32. The van der Waals surface area contributed by atoms with Crippen molar-refractivity contribution in [1.82, 2.24) is 0 Å². The van der Waals surface area contributed by atoms with Crippen LogP contribution < -0.4 is 0 Å². The molecule has 0 amide bonds. The van der Waals surface area contributed by atoms with E-state index in [1.807, 2.05) is 38.1 Å². The quantitative estimate of drug-likeness (QED) is 0.626. The first-order chi connectivity index (χ1) is 10.3. The highest BCUT2D eigenvalue weighted by Crippen LogP contribution is 2.37. The van der Waals surface area contributed by atoms with Crippen molar-refractivity contribution < 1.29 is 9.90 Å². The fourth-order valence-electron chi connectivity index (χ4n) is 2.91. The lowest BCUT2D eigenvalue weighted by Gasteiger charge is -2.31. The monoisotopic (exact) mass is 299 g/mol. The minimum absolute atomic E-state index is 0.00883. The molecule has 0 aliphatic heterocycles. The summed E-state index contributed by atoms with van der Waals surface area (Å²) in [6.07, 6.45) is 2.50. The number of aliphatic imine (C=N–C) groups is 1. The van der Waals surface area contributed by atoms with E-state index in [-0.39, 0.29) is 17.0 Å². The normalized spacial score (nSPS) is 22.0. The van der Waals surface area contributed by atoms with Crippen LogP contribution in [-0.4, -0.2) is 16.6 Å². The molecule has 0 atom stereocenters. The van der Waals surface area contributed by atoms with Crippen molar-refractivity contribution in [2.75, 3.05) is 0 Å². The minimum Gasteiger partial charge on any atom is -0.511 e. The molecule has 1 aliphatic carbocycles. The van der Waals surface area contributed by atoms with E-state index >= 15 is 0 Å². The fourth-order valence-corrected chi connectivity index (χ4v) is 2.91. The van der Waals surface area contributed by atoms with Gasteiger partial charge in [0.1, 0.15) is 5.76 Å². The number of ketones is 1. The average molecular weight is 299 g/mol. The standard InChI is InChI=1S/C19H25NO2/c1-5-8-16(21)18-15(11-19(3,4)12-17(18)22)20-14-10-7-6-9-13(14)2/h6-7,9-10,21H,5,8,11-12H2,1-4H3/b18-16-,20-15?. The molecule has 0 unspecified atom stereocenters. The van der Waals surface area contributed by atoms with Gasteiger partial charge in [0.25, 0.3) is 0 Å². The molecule has 1 aliphatic rings. The van der Waals surface area contributed by atoms with Crippen LogP contribution in [0.3, 0.4) is 0 Å². The summed E-state index contributed by atoms with van der Waals surface area (Å²) in [6.45, 7) is 8.15. The second-order valence-electron chi connectivity index (χ2n) is 6.86. The Hall–Kier alpha value is -1.90. The summed E-state index contributed by atoms with van der Waals surface area (Å²) in [5, 5.41) is 10.3. The molecule has 22 heavy (non-hydrogen) atoms. The lowest BCUT2D eigenvalue weighted by atomic mass is 9.73. The number of Topliss-reactive ketones (excluding diaryl/α,β-unsaturated/α-hetero) is 1. The van der Waals surface area contributed by atoms with E-state index in [9.17, 15) is 9.90 Å². The fraction of sp³-hybridized carbons (Fsp3) is 0.474. The second-order valence-corrected chi connectivity index (χ2v) is 6.86. The Morgan fingerprint density at radius 2 is 1.95 bits per heavy atom. The molecule has 3 heteroatoms. The molecule has 3 nitrogen and oxygen atoms in total. The highest BCUT2D eigenvalue weighted by molar-refractivity contribution is 6.25. The van der Waals surface area contributed by atoms with Crippen molar-refractivity contribution in [3.05, 3.63) is 41.2 Å². The smallest absolute Gasteiger partial charge is 0.168 e. The van der Waals surface area contributed by atoms with Gasteiger partial charge >= 0.3 is 0 Å². The predicted molar refractivity (Wildman–Crippen MR) is 90.9 cm³/mol. The van der Waals surface area contributed by atoms with Crippen LogP contribution in [0.1, 0.15) is 52.0 Å². The van der Waals surface area contributed by atoms with E-state index in [1.165, 1.54) is 0 Å². The molecule has 1 saturated carbocycles. The van der Waals surface area contributed by atoms with E-state index in [4.69, 9.17) is 4.99 Å². The molecule has 0 radical (unpaired) electrons. The molecule has 0 heterocycles. The number of carbonyl (C=O) groups is 1. The maximum absolute atomic E-state index is 12.5. The number of benzene rings is 1. The lowest BCUT2D eigenvalue weighted by molar-refractivity contribution is -0.117. The maximum Gasteiger partial charge on any atom is 0.168 e. The summed E-state index contributed by atoms with van der Waals surface area (Å²) >= 11 is 0. The first-order valence-electron chi connectivity index (χ1n) is 7.93. The Kier molecular flexibility index (Phi) is 4.84. The number of carbonyl (C=O) groups excluding carboxylic acids is 1. The number of aryl methyl sites for hydroxylation is 1. The van der Waals surface area contributed by atoms with Crippen LogP contribution in [0.15, 0.2) is 40.6 Å². The summed E-state index contributed by atoms with van der Waals surface area (Å²) < 4.78 is 0. The van der Waals surface area contributed by atoms with E-state index < -0.39 is 0 Å². The van der Waals surface area contributed by atoms with Crippen molar-refractivity contribution in [2.24, 2.45) is 10.4 Å². The van der Waals surface area contributed by atoms with Crippen LogP contribution in [0.2, 0.25) is 0 Å². The van der Waals surface area contributed by atoms with E-state index in [0.29, 0.717) is 24.8 Å². The van der Waals surface area contributed by atoms with Gasteiger partial charge in [-0.05, 0) is 36.8 Å². The third kappa shape index (κ3) is 3.65. The van der Waals surface area contributed by atoms with Crippen LogP contribution in [0, 0.1) is 12.3 Å². The molecule has 0 spiro atoms. The van der Waals surface area contributed by atoms with Crippen molar-refractivity contribution in [3.8, 4) is 0 Å². The van der Waals surface area contributed by atoms with E-state index in [0.717, 1.165) is 23.4 Å². The maximum atomic E-state index is 12.5. The van der Waals surface area contributed by atoms with Crippen LogP contribution in [0.25, 0.3) is 0 Å². The zero-order valence-corrected chi connectivity index (χ0v) is 13.9. The summed E-state index contributed by atoms with van der Waals surface area (Å²) in [7, 11) is 0. The molecule has 1 fully saturated rings. The van der Waals surface area contributed by atoms with E-state index in [2.05, 4.69) is 13.8 Å². The number of hydrogen-bond acceptors (Lipinski definition) is 3. The molecule has 118 valence electrons. The molecular weight excluding hydrogens is 274 g/mol. The van der Waals surface area contributed by atoms with Gasteiger partial charge in [-0.2, -0.15) is 0 Å². The molecule has 1 aromatic carbocycles. The summed E-state index contributed by atoms with van der Waals surface area (Å²) in [5.41, 5.74) is 2.99. The third-order valence-corrected chi connectivity index (χ3v) is 4.00. The Bertz CT molecular complexity index is 639. The Balaban J connectivity index is 2.53. The van der Waals surface area contributed by atoms with Crippen LogP contribution in [0.4, 0.5) is 5.69 Å². The zero-order valence-electron chi connectivity index (χ0n) is 13.9. The van der Waals surface area contributed by atoms with Gasteiger partial charge in [0.05, 0.1) is 17.0 Å². The summed E-state index contributed by atoms with van der Waals surface area (Å²) in [5.74, 6) is 0.199. The Labute approximate surface area is 132 Å². The molecule has 0 bridgehead atoms. The first-order valence-corrected chi connectivity index (χ1v) is 7.93. The zero-order chi connectivity index (χ0) is 16.3. The van der Waals surface area contributed by atoms with E-state index in [1.54, 1.807) is 0 Å². The SMILES string of the molecule is CCC/C(O)=C1/C(=O)CC(C)(C)CC1=Nc1ccccc1C. The number of aliphatic hydroxyl groups is 1. The third-order valence-electron chi connectivity index (χ3n) is 4.00. The number of allylic oxidation sites excluding steroid dienone is 2. The Morgan fingerprint density at radius 3 is 2.59 bits per heavy atom. The molecule has 1 N–H and O–H groups in total. The molecule has 0 saturated heterocycles. The second kappa shape index (κ2) is 6.47. The first kappa shape index (κ1) is 16.5. The number of aliphatic hydroxyl groups excluding tert-OH is 1.